The van der Waals surface area contributed by atoms with Crippen LogP contribution in [0.3, 0.4) is 0 Å². The Morgan fingerprint density at radius 2 is 1.38 bits per heavy atom. The first-order valence-electron chi connectivity index (χ1n) is 20.7. The Labute approximate surface area is 368 Å². The SMILES string of the molecule is Cc1cc(C)c(N2c3[c-]c4c(cc3C(C)(C)c3ccccc32)c2ccccc2n4-c2cc(C(C)(C)C)ccn2)[c-]c1C1=N[C@H](C(c2ccccc2)c2ccccc2)CO1.[Pt+2]. The first kappa shape index (κ1) is 39.7. The van der Waals surface area contributed by atoms with Crippen molar-refractivity contribution in [3.63, 3.8) is 0 Å². The van der Waals surface area contributed by atoms with E-state index in [1.807, 2.05) is 6.20 Å². The number of ether oxygens (including phenoxy) is 1. The van der Waals surface area contributed by atoms with E-state index >= 15 is 0 Å². The first-order chi connectivity index (χ1) is 28.5. The van der Waals surface area contributed by atoms with Crippen molar-refractivity contribution in [3.8, 4) is 5.82 Å². The second kappa shape index (κ2) is 15.0. The molecule has 5 nitrogen and oxygen atoms in total. The number of hydrogen-bond donors (Lipinski definition) is 0. The van der Waals surface area contributed by atoms with Gasteiger partial charge in [-0.1, -0.05) is 162 Å². The number of aliphatic imine (C=N–C) groups is 1. The van der Waals surface area contributed by atoms with Crippen LogP contribution < -0.4 is 4.90 Å². The van der Waals surface area contributed by atoms with Crippen molar-refractivity contribution in [2.45, 2.75) is 71.3 Å². The molecule has 0 aliphatic carbocycles. The van der Waals surface area contributed by atoms with Crippen molar-refractivity contribution in [2.24, 2.45) is 4.99 Å². The molecule has 0 spiro atoms. The van der Waals surface area contributed by atoms with E-state index in [2.05, 4.69) is 204 Å². The van der Waals surface area contributed by atoms with E-state index in [0.29, 0.717) is 12.5 Å². The van der Waals surface area contributed by atoms with Gasteiger partial charge in [0, 0.05) is 23.3 Å². The van der Waals surface area contributed by atoms with Gasteiger partial charge in [-0.05, 0) is 68.4 Å². The molecule has 60 heavy (non-hydrogen) atoms. The molecule has 2 aliphatic rings. The monoisotopic (exact) mass is 963 g/mol. The van der Waals surface area contributed by atoms with Crippen molar-refractivity contribution >= 4 is 44.8 Å². The number of fused-ring (bicyclic) bond motifs is 5. The molecular weight excluding hydrogens is 916 g/mol. The van der Waals surface area contributed by atoms with Gasteiger partial charge in [0.05, 0.1) is 12.6 Å². The largest absolute Gasteiger partial charge is 2.00 e. The molecule has 1 atom stereocenters. The molecule has 0 bridgehead atoms. The second-order valence-electron chi connectivity index (χ2n) is 17.7. The minimum absolute atomic E-state index is 0. The molecule has 6 heteroatoms. The maximum absolute atomic E-state index is 6.58. The van der Waals surface area contributed by atoms with E-state index in [1.54, 1.807) is 0 Å². The number of para-hydroxylation sites is 2. The Hall–Kier alpha value is -5.77. The maximum atomic E-state index is 6.58. The Morgan fingerprint density at radius 3 is 2.10 bits per heavy atom. The van der Waals surface area contributed by atoms with Crippen LogP contribution in [0.1, 0.15) is 85.0 Å². The fourth-order valence-electron chi connectivity index (χ4n) is 9.41. The zero-order valence-electron chi connectivity index (χ0n) is 35.2. The van der Waals surface area contributed by atoms with E-state index < -0.39 is 0 Å². The van der Waals surface area contributed by atoms with E-state index in [4.69, 9.17) is 14.7 Å². The molecular formula is C54H48N4OPt. The molecule has 6 aromatic carbocycles. The van der Waals surface area contributed by atoms with Gasteiger partial charge in [-0.15, -0.1) is 40.3 Å². The molecule has 4 heterocycles. The van der Waals surface area contributed by atoms with E-state index in [0.717, 1.165) is 56.0 Å². The number of rotatable bonds is 6. The molecule has 0 saturated heterocycles. The summed E-state index contributed by atoms with van der Waals surface area (Å²) in [5.74, 6) is 1.59. The smallest absolute Gasteiger partial charge is 0.518 e. The Kier molecular flexibility index (Phi) is 9.95. The second-order valence-corrected chi connectivity index (χ2v) is 17.7. The summed E-state index contributed by atoms with van der Waals surface area (Å²) >= 11 is 0. The molecule has 0 saturated carbocycles. The van der Waals surface area contributed by atoms with E-state index in [-0.39, 0.29) is 43.9 Å². The minimum Gasteiger partial charge on any atom is -0.518 e. The molecule has 2 aromatic heterocycles. The standard InChI is InChI=1S/C54H48N4O.Pt/c1-34-28-35(2)47(31-40(34)52-56-44(33-59-52)51(36-18-10-8-11-19-36)37-20-12-9-13-21-37)57-46-25-17-15-23-42(46)54(6,7)43-30-41-39-22-14-16-24-45(39)58(48(41)32-49(43)57)50-29-38(26-27-55-50)53(3,4)5;/h8-30,44,51H,33H2,1-7H3;/q-2;+2/t44-;/m0./s1. The summed E-state index contributed by atoms with van der Waals surface area (Å²) in [5.41, 5.74) is 14.1. The summed E-state index contributed by atoms with van der Waals surface area (Å²) in [6, 6.07) is 55.7. The van der Waals surface area contributed by atoms with Gasteiger partial charge < -0.3 is 14.2 Å². The van der Waals surface area contributed by atoms with Gasteiger partial charge in [-0.25, -0.2) is 4.98 Å². The number of aryl methyl sites for hydroxylation is 2. The number of benzene rings is 6. The van der Waals surface area contributed by atoms with Gasteiger partial charge in [0.2, 0.25) is 0 Å². The van der Waals surface area contributed by atoms with E-state index in [9.17, 15) is 0 Å². The molecule has 8 aromatic rings. The van der Waals surface area contributed by atoms with Crippen LogP contribution in [-0.4, -0.2) is 28.1 Å². The van der Waals surface area contributed by atoms with Gasteiger partial charge in [0.1, 0.15) is 11.7 Å². The first-order valence-corrected chi connectivity index (χ1v) is 20.7. The van der Waals surface area contributed by atoms with Crippen LogP contribution >= 0.6 is 0 Å². The van der Waals surface area contributed by atoms with Gasteiger partial charge in [-0.3, -0.25) is 4.99 Å². The van der Waals surface area contributed by atoms with Crippen molar-refractivity contribution in [3.05, 3.63) is 196 Å². The van der Waals surface area contributed by atoms with Crippen LogP contribution in [0.5, 0.6) is 0 Å². The van der Waals surface area contributed by atoms with Gasteiger partial charge >= 0.3 is 21.1 Å². The zero-order chi connectivity index (χ0) is 40.6. The summed E-state index contributed by atoms with van der Waals surface area (Å²) in [5, 5.41) is 2.34. The van der Waals surface area contributed by atoms with E-state index in [1.165, 1.54) is 33.2 Å². The predicted octanol–water partition coefficient (Wildman–Crippen LogP) is 12.8. The van der Waals surface area contributed by atoms with Crippen LogP contribution in [0, 0.1) is 26.0 Å². The normalized spacial score (nSPS) is 15.7. The van der Waals surface area contributed by atoms with Gasteiger partial charge in [0.25, 0.3) is 0 Å². The van der Waals surface area contributed by atoms with Gasteiger partial charge in [-0.2, -0.15) is 6.07 Å². The molecule has 0 N–H and O–H groups in total. The topological polar surface area (TPSA) is 42.7 Å². The van der Waals surface area contributed by atoms with Gasteiger partial charge in [0.15, 0.2) is 0 Å². The van der Waals surface area contributed by atoms with Crippen LogP contribution in [-0.2, 0) is 36.6 Å². The average molecular weight is 964 g/mol. The summed E-state index contributed by atoms with van der Waals surface area (Å²) in [6.45, 7) is 16.2. The average Bonchev–Trinajstić information content (AvgIpc) is 3.84. The third-order valence-corrected chi connectivity index (χ3v) is 12.5. The number of anilines is 3. The quantitative estimate of drug-likeness (QED) is 0.156. The number of pyridine rings is 1. The summed E-state index contributed by atoms with van der Waals surface area (Å²) in [6.07, 6.45) is 1.94. The fraction of sp³-hybridized carbons (Fsp3) is 0.222. The minimum atomic E-state index is -0.308. The molecule has 10 rings (SSSR count). The molecule has 0 amide bonds. The molecule has 2 aliphatic heterocycles. The van der Waals surface area contributed by atoms with Crippen LogP contribution in [0.4, 0.5) is 17.1 Å². The number of hydrogen-bond acceptors (Lipinski definition) is 4. The Balaban J connectivity index is 0.00000462. The van der Waals surface area contributed by atoms with Crippen molar-refractivity contribution in [1.82, 2.24) is 9.55 Å². The Morgan fingerprint density at radius 1 is 0.717 bits per heavy atom. The third kappa shape index (κ3) is 6.50. The fourth-order valence-corrected chi connectivity index (χ4v) is 9.41. The summed E-state index contributed by atoms with van der Waals surface area (Å²) < 4.78 is 8.87. The van der Waals surface area contributed by atoms with Crippen molar-refractivity contribution in [2.75, 3.05) is 11.5 Å². The summed E-state index contributed by atoms with van der Waals surface area (Å²) in [7, 11) is 0. The van der Waals surface area contributed by atoms with Crippen molar-refractivity contribution < 1.29 is 25.8 Å². The van der Waals surface area contributed by atoms with Crippen LogP contribution in [0.2, 0.25) is 0 Å². The molecule has 0 unspecified atom stereocenters. The Bertz CT molecular complexity index is 2900. The maximum Gasteiger partial charge on any atom is 2.00 e. The summed E-state index contributed by atoms with van der Waals surface area (Å²) in [4.78, 5) is 12.7. The number of nitrogens with zero attached hydrogens (tertiary/aromatic N) is 4. The predicted molar refractivity (Wildman–Crippen MR) is 242 cm³/mol. The number of aromatic nitrogens is 2. The molecule has 0 fully saturated rings. The van der Waals surface area contributed by atoms with Crippen LogP contribution in [0.25, 0.3) is 27.6 Å². The van der Waals surface area contributed by atoms with Crippen molar-refractivity contribution in [1.29, 1.82) is 0 Å². The third-order valence-electron chi connectivity index (χ3n) is 12.5. The zero-order valence-corrected chi connectivity index (χ0v) is 37.4. The molecule has 300 valence electrons. The molecule has 0 radical (unpaired) electrons. The van der Waals surface area contributed by atoms with Crippen LogP contribution in [0.15, 0.2) is 145 Å².